The topological polar surface area (TPSA) is 82.5 Å². The van der Waals surface area contributed by atoms with Gasteiger partial charge in [-0.1, -0.05) is 23.2 Å². The molecule has 2 heterocycles. The zero-order valence-electron chi connectivity index (χ0n) is 16.3. The first-order chi connectivity index (χ1) is 14.1. The van der Waals surface area contributed by atoms with Crippen molar-refractivity contribution < 1.29 is 9.84 Å². The fourth-order valence-electron chi connectivity index (χ4n) is 3.22. The Morgan fingerprint density at radius 3 is 2.69 bits per heavy atom. The van der Waals surface area contributed by atoms with Gasteiger partial charge in [0.15, 0.2) is 0 Å². The van der Waals surface area contributed by atoms with E-state index in [0.717, 1.165) is 51.2 Å². The Labute approximate surface area is 181 Å². The third-order valence-corrected chi connectivity index (χ3v) is 5.48. The Morgan fingerprint density at radius 1 is 1.10 bits per heavy atom. The number of nitrogens with zero attached hydrogens (tertiary/aromatic N) is 3. The van der Waals surface area contributed by atoms with Gasteiger partial charge in [-0.05, 0) is 44.0 Å². The molecule has 2 aromatic rings. The van der Waals surface area contributed by atoms with Crippen LogP contribution >= 0.6 is 23.2 Å². The van der Waals surface area contributed by atoms with Gasteiger partial charge in [-0.3, -0.25) is 0 Å². The monoisotopic (exact) mass is 439 g/mol. The Hall–Kier alpha value is -1.80. The Bertz CT molecular complexity index is 772. The zero-order valence-corrected chi connectivity index (χ0v) is 17.8. The number of nitrogens with one attached hydrogen (secondary N) is 2. The van der Waals surface area contributed by atoms with Gasteiger partial charge in [0.2, 0.25) is 5.95 Å². The van der Waals surface area contributed by atoms with E-state index in [0.29, 0.717) is 28.4 Å². The van der Waals surface area contributed by atoms with Crippen molar-refractivity contribution in [2.45, 2.75) is 25.4 Å². The van der Waals surface area contributed by atoms with Gasteiger partial charge in [0.05, 0.1) is 16.7 Å². The van der Waals surface area contributed by atoms with Gasteiger partial charge in [0, 0.05) is 38.4 Å². The largest absolute Gasteiger partial charge is 0.490 e. The van der Waals surface area contributed by atoms with E-state index in [2.05, 4.69) is 25.5 Å². The molecular weight excluding hydrogens is 413 g/mol. The van der Waals surface area contributed by atoms with Crippen molar-refractivity contribution in [3.05, 3.63) is 40.5 Å². The third kappa shape index (κ3) is 7.19. The van der Waals surface area contributed by atoms with Crippen LogP contribution in [0.25, 0.3) is 0 Å². The van der Waals surface area contributed by atoms with Crippen LogP contribution in [0.4, 0.5) is 11.8 Å². The summed E-state index contributed by atoms with van der Waals surface area (Å²) in [5.74, 6) is 2.08. The second-order valence-corrected chi connectivity index (χ2v) is 7.75. The van der Waals surface area contributed by atoms with Crippen molar-refractivity contribution in [3.63, 3.8) is 0 Å². The molecule has 1 aliphatic heterocycles. The van der Waals surface area contributed by atoms with Crippen LogP contribution in [0.2, 0.25) is 10.0 Å². The maximum absolute atomic E-state index is 8.86. The van der Waals surface area contributed by atoms with Crippen molar-refractivity contribution in [1.82, 2.24) is 14.9 Å². The Kier molecular flexibility index (Phi) is 8.61. The molecule has 1 aromatic carbocycles. The average Bonchev–Trinajstić information content (AvgIpc) is 2.74. The highest BCUT2D eigenvalue weighted by molar-refractivity contribution is 6.42. The van der Waals surface area contributed by atoms with Gasteiger partial charge in [-0.2, -0.15) is 4.98 Å². The number of aromatic nitrogens is 2. The molecule has 0 radical (unpaired) electrons. The minimum atomic E-state index is 0.0714. The SMILES string of the molecule is OCCNc1ccnc(NCCCN2CCC(Oc3ccc(Cl)c(Cl)c3)CC2)n1. The number of ether oxygens (including phenoxy) is 1. The molecule has 0 aliphatic carbocycles. The Morgan fingerprint density at radius 2 is 1.93 bits per heavy atom. The smallest absolute Gasteiger partial charge is 0.224 e. The molecule has 3 N–H and O–H groups in total. The minimum Gasteiger partial charge on any atom is -0.490 e. The summed E-state index contributed by atoms with van der Waals surface area (Å²) < 4.78 is 6.04. The van der Waals surface area contributed by atoms with Crippen molar-refractivity contribution >= 4 is 35.0 Å². The lowest BCUT2D eigenvalue weighted by Gasteiger charge is -2.32. The van der Waals surface area contributed by atoms with E-state index in [1.54, 1.807) is 24.4 Å². The number of halogens is 2. The fraction of sp³-hybridized carbons (Fsp3) is 0.500. The second-order valence-electron chi connectivity index (χ2n) is 6.93. The van der Waals surface area contributed by atoms with E-state index >= 15 is 0 Å². The molecule has 0 amide bonds. The van der Waals surface area contributed by atoms with Crippen LogP contribution in [0, 0.1) is 0 Å². The molecule has 7 nitrogen and oxygen atoms in total. The molecule has 0 spiro atoms. The standard InChI is InChI=1S/C20H27Cl2N5O2/c21-17-3-2-16(14-18(17)22)29-15-5-11-27(12-6-15)10-1-7-24-20-25-8-4-19(26-20)23-9-13-28/h2-4,8,14-15,28H,1,5-7,9-13H2,(H2,23,24,25,26). The van der Waals surface area contributed by atoms with Crippen molar-refractivity contribution in [3.8, 4) is 5.75 Å². The lowest BCUT2D eigenvalue weighted by Crippen LogP contribution is -2.39. The molecule has 1 aliphatic rings. The van der Waals surface area contributed by atoms with Crippen LogP contribution in [-0.2, 0) is 0 Å². The lowest BCUT2D eigenvalue weighted by atomic mass is 10.1. The van der Waals surface area contributed by atoms with E-state index in [9.17, 15) is 0 Å². The number of hydrogen-bond donors (Lipinski definition) is 3. The predicted molar refractivity (Wildman–Crippen MR) is 117 cm³/mol. The van der Waals surface area contributed by atoms with Gasteiger partial charge in [0.25, 0.3) is 0 Å². The highest BCUT2D eigenvalue weighted by atomic mass is 35.5. The number of rotatable bonds is 10. The molecule has 1 fully saturated rings. The molecule has 29 heavy (non-hydrogen) atoms. The highest BCUT2D eigenvalue weighted by Gasteiger charge is 2.20. The van der Waals surface area contributed by atoms with Crippen LogP contribution in [0.1, 0.15) is 19.3 Å². The van der Waals surface area contributed by atoms with Gasteiger partial charge in [-0.15, -0.1) is 0 Å². The lowest BCUT2D eigenvalue weighted by molar-refractivity contribution is 0.100. The van der Waals surface area contributed by atoms with Gasteiger partial charge in [-0.25, -0.2) is 4.98 Å². The number of aliphatic hydroxyl groups excluding tert-OH is 1. The summed E-state index contributed by atoms with van der Waals surface area (Å²) >= 11 is 12.0. The summed E-state index contributed by atoms with van der Waals surface area (Å²) in [4.78, 5) is 11.0. The highest BCUT2D eigenvalue weighted by Crippen LogP contribution is 2.28. The van der Waals surface area contributed by atoms with Crippen molar-refractivity contribution in [2.75, 3.05) is 50.0 Å². The van der Waals surface area contributed by atoms with Gasteiger partial charge >= 0.3 is 0 Å². The quantitative estimate of drug-likeness (QED) is 0.488. The summed E-state index contributed by atoms with van der Waals surface area (Å²) in [6.07, 6.45) is 4.91. The zero-order chi connectivity index (χ0) is 20.5. The van der Waals surface area contributed by atoms with Crippen molar-refractivity contribution in [1.29, 1.82) is 0 Å². The predicted octanol–water partition coefficient (Wildman–Crippen LogP) is 3.53. The van der Waals surface area contributed by atoms with E-state index < -0.39 is 0 Å². The van der Waals surface area contributed by atoms with Crippen LogP contribution in [0.5, 0.6) is 5.75 Å². The van der Waals surface area contributed by atoms with Crippen LogP contribution in [0.3, 0.4) is 0 Å². The average molecular weight is 440 g/mol. The first-order valence-electron chi connectivity index (χ1n) is 9.90. The molecule has 1 saturated heterocycles. The number of likely N-dealkylation sites (tertiary alicyclic amines) is 1. The maximum Gasteiger partial charge on any atom is 0.224 e. The van der Waals surface area contributed by atoms with Crippen LogP contribution in [0.15, 0.2) is 30.5 Å². The minimum absolute atomic E-state index is 0.0714. The fourth-order valence-corrected chi connectivity index (χ4v) is 3.51. The van der Waals surface area contributed by atoms with Crippen LogP contribution in [-0.4, -0.2) is 65.4 Å². The Balaban J connectivity index is 1.32. The molecule has 9 heteroatoms. The second kappa shape index (κ2) is 11.4. The molecule has 0 bridgehead atoms. The number of aliphatic hydroxyl groups is 1. The summed E-state index contributed by atoms with van der Waals surface area (Å²) in [5.41, 5.74) is 0. The summed E-state index contributed by atoms with van der Waals surface area (Å²) in [6.45, 7) is 4.41. The molecular formula is C20H27Cl2N5O2. The van der Waals surface area contributed by atoms with Gasteiger partial charge < -0.3 is 25.4 Å². The number of benzene rings is 1. The molecule has 0 atom stereocenters. The first-order valence-corrected chi connectivity index (χ1v) is 10.7. The van der Waals surface area contributed by atoms with Gasteiger partial charge in [0.1, 0.15) is 17.7 Å². The maximum atomic E-state index is 8.86. The summed E-state index contributed by atoms with van der Waals surface area (Å²) in [5, 5.41) is 16.2. The number of piperidine rings is 1. The number of hydrogen-bond acceptors (Lipinski definition) is 7. The van der Waals surface area contributed by atoms with E-state index in [4.69, 9.17) is 33.0 Å². The normalized spacial score (nSPS) is 15.3. The van der Waals surface area contributed by atoms with E-state index in [1.165, 1.54) is 0 Å². The number of anilines is 2. The van der Waals surface area contributed by atoms with Crippen LogP contribution < -0.4 is 15.4 Å². The molecule has 0 saturated carbocycles. The van der Waals surface area contributed by atoms with E-state index in [1.807, 2.05) is 6.07 Å². The molecule has 1 aromatic heterocycles. The third-order valence-electron chi connectivity index (χ3n) is 4.74. The summed E-state index contributed by atoms with van der Waals surface area (Å²) in [7, 11) is 0. The molecule has 158 valence electrons. The van der Waals surface area contributed by atoms with Crippen molar-refractivity contribution in [2.24, 2.45) is 0 Å². The summed E-state index contributed by atoms with van der Waals surface area (Å²) in [6, 6.07) is 7.19. The molecule has 0 unspecified atom stereocenters. The van der Waals surface area contributed by atoms with E-state index in [-0.39, 0.29) is 12.7 Å². The first kappa shape index (κ1) is 21.9. The molecule has 3 rings (SSSR count).